The Labute approximate surface area is 203 Å². The molecule has 0 saturated carbocycles. The van der Waals surface area contributed by atoms with Crippen LogP contribution in [0.4, 0.5) is 5.69 Å². The first kappa shape index (κ1) is 24.8. The van der Waals surface area contributed by atoms with Gasteiger partial charge in [0.05, 0.1) is 23.7 Å². The molecule has 0 saturated heterocycles. The zero-order valence-electron chi connectivity index (χ0n) is 18.8. The van der Waals surface area contributed by atoms with Crippen LogP contribution in [-0.2, 0) is 14.8 Å². The van der Waals surface area contributed by atoms with Gasteiger partial charge in [0, 0.05) is 4.47 Å². The molecule has 6 nitrogen and oxygen atoms in total. The molecular weight excluding hydrogens is 504 g/mol. The Bertz CT molecular complexity index is 1200. The summed E-state index contributed by atoms with van der Waals surface area (Å²) in [5, 5.41) is 2.97. The largest absolute Gasteiger partial charge is 0.497 e. The Balaban J connectivity index is 1.89. The lowest BCUT2D eigenvalue weighted by molar-refractivity contribution is -0.120. The fourth-order valence-electron chi connectivity index (χ4n) is 3.41. The number of rotatable bonds is 9. The van der Waals surface area contributed by atoms with Gasteiger partial charge in [0.15, 0.2) is 0 Å². The van der Waals surface area contributed by atoms with Gasteiger partial charge in [-0.2, -0.15) is 0 Å². The number of methoxy groups -OCH3 is 1. The van der Waals surface area contributed by atoms with Crippen LogP contribution in [0.25, 0.3) is 0 Å². The third kappa shape index (κ3) is 6.15. The standard InChI is InChI=1S/C25H27BrN2O4S/c1-4-24(19-10-12-22(32-3)13-11-19)27-25(29)17-28(21-7-5-6-20(26)16-21)33(30,31)23-14-8-18(2)9-15-23/h5-16,24H,4,17H2,1-3H3,(H,27,29)/t24-/m1/s1. The SMILES string of the molecule is CC[C@@H](NC(=O)CN(c1cccc(Br)c1)S(=O)(=O)c1ccc(C)cc1)c1ccc(OC)cc1. The Morgan fingerprint density at radius 1 is 1.06 bits per heavy atom. The first-order valence-electron chi connectivity index (χ1n) is 10.5. The van der Waals surface area contributed by atoms with Gasteiger partial charge in [-0.3, -0.25) is 9.10 Å². The van der Waals surface area contributed by atoms with E-state index in [9.17, 15) is 13.2 Å². The van der Waals surface area contributed by atoms with E-state index in [0.717, 1.165) is 21.2 Å². The molecule has 1 N–H and O–H groups in total. The summed E-state index contributed by atoms with van der Waals surface area (Å²) in [4.78, 5) is 13.2. The van der Waals surface area contributed by atoms with Crippen LogP contribution in [0.15, 0.2) is 82.2 Å². The summed E-state index contributed by atoms with van der Waals surface area (Å²) in [5.74, 6) is 0.332. The Morgan fingerprint density at radius 3 is 2.30 bits per heavy atom. The van der Waals surface area contributed by atoms with E-state index in [1.165, 1.54) is 0 Å². The number of hydrogen-bond acceptors (Lipinski definition) is 4. The molecule has 3 aromatic rings. The predicted octanol–water partition coefficient (Wildman–Crippen LogP) is 5.23. The van der Waals surface area contributed by atoms with Crippen molar-refractivity contribution < 1.29 is 17.9 Å². The number of carbonyl (C=O) groups excluding carboxylic acids is 1. The second kappa shape index (κ2) is 10.9. The second-order valence-corrected chi connectivity index (χ2v) is 10.4. The van der Waals surface area contributed by atoms with Gasteiger partial charge in [0.1, 0.15) is 12.3 Å². The summed E-state index contributed by atoms with van der Waals surface area (Å²) < 4.78 is 34.1. The van der Waals surface area contributed by atoms with Crippen LogP contribution in [0.5, 0.6) is 5.75 Å². The van der Waals surface area contributed by atoms with E-state index in [4.69, 9.17) is 4.74 Å². The smallest absolute Gasteiger partial charge is 0.264 e. The van der Waals surface area contributed by atoms with Crippen LogP contribution in [0, 0.1) is 6.92 Å². The molecular formula is C25H27BrN2O4S. The van der Waals surface area contributed by atoms with Gasteiger partial charge in [0.25, 0.3) is 10.0 Å². The number of nitrogens with zero attached hydrogens (tertiary/aromatic N) is 1. The van der Waals surface area contributed by atoms with Crippen molar-refractivity contribution in [2.24, 2.45) is 0 Å². The van der Waals surface area contributed by atoms with E-state index < -0.39 is 15.9 Å². The molecule has 3 aromatic carbocycles. The highest BCUT2D eigenvalue weighted by atomic mass is 79.9. The number of benzene rings is 3. The molecule has 0 fully saturated rings. The number of aryl methyl sites for hydroxylation is 1. The summed E-state index contributed by atoms with van der Waals surface area (Å²) in [6.07, 6.45) is 0.652. The van der Waals surface area contributed by atoms with Crippen LogP contribution in [-0.4, -0.2) is 28.0 Å². The Hall–Kier alpha value is -2.84. The quantitative estimate of drug-likeness (QED) is 0.411. The van der Waals surface area contributed by atoms with Crippen LogP contribution in [0.2, 0.25) is 0 Å². The highest BCUT2D eigenvalue weighted by Gasteiger charge is 2.28. The number of carbonyl (C=O) groups is 1. The highest BCUT2D eigenvalue weighted by Crippen LogP contribution is 2.27. The summed E-state index contributed by atoms with van der Waals surface area (Å²) in [7, 11) is -2.37. The van der Waals surface area contributed by atoms with Gasteiger partial charge in [-0.05, 0) is 61.4 Å². The van der Waals surface area contributed by atoms with Gasteiger partial charge in [-0.15, -0.1) is 0 Å². The molecule has 0 unspecified atom stereocenters. The van der Waals surface area contributed by atoms with Crippen LogP contribution in [0.1, 0.15) is 30.5 Å². The molecule has 0 radical (unpaired) electrons. The number of sulfonamides is 1. The number of hydrogen-bond donors (Lipinski definition) is 1. The summed E-state index contributed by atoms with van der Waals surface area (Å²) in [5.41, 5.74) is 2.27. The molecule has 0 aromatic heterocycles. The topological polar surface area (TPSA) is 75.7 Å². The van der Waals surface area contributed by atoms with Crippen molar-refractivity contribution in [3.05, 3.63) is 88.4 Å². The molecule has 0 bridgehead atoms. The minimum Gasteiger partial charge on any atom is -0.497 e. The van der Waals surface area contributed by atoms with Gasteiger partial charge >= 0.3 is 0 Å². The van der Waals surface area contributed by atoms with E-state index in [1.54, 1.807) is 55.6 Å². The van der Waals surface area contributed by atoms with Crippen molar-refractivity contribution in [1.29, 1.82) is 0 Å². The molecule has 0 spiro atoms. The molecule has 33 heavy (non-hydrogen) atoms. The first-order chi connectivity index (χ1) is 15.7. The molecule has 1 atom stereocenters. The maximum absolute atomic E-state index is 13.5. The lowest BCUT2D eigenvalue weighted by Crippen LogP contribution is -2.42. The monoisotopic (exact) mass is 530 g/mol. The Morgan fingerprint density at radius 2 is 1.73 bits per heavy atom. The van der Waals surface area contributed by atoms with Gasteiger partial charge < -0.3 is 10.1 Å². The molecule has 174 valence electrons. The van der Waals surface area contributed by atoms with Crippen molar-refractivity contribution >= 4 is 37.5 Å². The minimum atomic E-state index is -3.96. The molecule has 1 amide bonds. The zero-order chi connectivity index (χ0) is 24.0. The van der Waals surface area contributed by atoms with Crippen molar-refractivity contribution in [3.8, 4) is 5.75 Å². The third-order valence-electron chi connectivity index (χ3n) is 5.25. The van der Waals surface area contributed by atoms with Gasteiger partial charge in [0.2, 0.25) is 5.91 Å². The average Bonchev–Trinajstić information content (AvgIpc) is 2.81. The molecule has 0 aliphatic heterocycles. The van der Waals surface area contributed by atoms with E-state index in [0.29, 0.717) is 16.6 Å². The van der Waals surface area contributed by atoms with Crippen LogP contribution in [0.3, 0.4) is 0 Å². The molecule has 3 rings (SSSR count). The van der Waals surface area contributed by atoms with Crippen molar-refractivity contribution in [1.82, 2.24) is 5.32 Å². The number of ether oxygens (including phenoxy) is 1. The van der Waals surface area contributed by atoms with Gasteiger partial charge in [-0.1, -0.05) is 58.7 Å². The number of nitrogens with one attached hydrogen (secondary N) is 1. The third-order valence-corrected chi connectivity index (χ3v) is 7.54. The molecule has 0 aliphatic carbocycles. The van der Waals surface area contributed by atoms with E-state index in [2.05, 4.69) is 21.2 Å². The summed E-state index contributed by atoms with van der Waals surface area (Å²) in [6.45, 7) is 3.50. The van der Waals surface area contributed by atoms with E-state index in [-0.39, 0.29) is 17.5 Å². The summed E-state index contributed by atoms with van der Waals surface area (Å²) in [6, 6.07) is 20.7. The molecule has 0 aliphatic rings. The second-order valence-electron chi connectivity index (χ2n) is 7.61. The number of halogens is 1. The molecule has 0 heterocycles. The van der Waals surface area contributed by atoms with Crippen molar-refractivity contribution in [2.45, 2.75) is 31.2 Å². The lowest BCUT2D eigenvalue weighted by atomic mass is 10.0. The summed E-state index contributed by atoms with van der Waals surface area (Å²) >= 11 is 3.39. The molecule has 8 heteroatoms. The fraction of sp³-hybridized carbons (Fsp3) is 0.240. The maximum atomic E-state index is 13.5. The van der Waals surface area contributed by atoms with Gasteiger partial charge in [-0.25, -0.2) is 8.42 Å². The first-order valence-corrected chi connectivity index (χ1v) is 12.8. The van der Waals surface area contributed by atoms with Crippen LogP contribution >= 0.6 is 15.9 Å². The predicted molar refractivity (Wildman–Crippen MR) is 134 cm³/mol. The van der Waals surface area contributed by atoms with Crippen molar-refractivity contribution in [3.63, 3.8) is 0 Å². The van der Waals surface area contributed by atoms with Crippen LogP contribution < -0.4 is 14.4 Å². The van der Waals surface area contributed by atoms with Crippen molar-refractivity contribution in [2.75, 3.05) is 18.0 Å². The average molecular weight is 531 g/mol. The minimum absolute atomic E-state index is 0.128. The fourth-order valence-corrected chi connectivity index (χ4v) is 5.21. The maximum Gasteiger partial charge on any atom is 0.264 e. The zero-order valence-corrected chi connectivity index (χ0v) is 21.2. The van der Waals surface area contributed by atoms with E-state index >= 15 is 0 Å². The Kier molecular flexibility index (Phi) is 8.15. The number of amides is 1. The number of anilines is 1. The normalized spacial score (nSPS) is 12.1. The highest BCUT2D eigenvalue weighted by molar-refractivity contribution is 9.10. The van der Waals surface area contributed by atoms with E-state index in [1.807, 2.05) is 38.1 Å². The lowest BCUT2D eigenvalue weighted by Gasteiger charge is -2.26.